The number of hydrogen-bond acceptors (Lipinski definition) is 4. The van der Waals surface area contributed by atoms with Crippen molar-refractivity contribution >= 4 is 30.5 Å². The Morgan fingerprint density at radius 1 is 1.21 bits per heavy atom. The second-order valence-corrected chi connectivity index (χ2v) is 7.55. The Morgan fingerprint density at radius 3 is 2.54 bits per heavy atom. The van der Waals surface area contributed by atoms with Crippen molar-refractivity contribution in [3.8, 4) is 0 Å². The molecule has 6 heteroatoms. The minimum atomic E-state index is -0.386. The molecule has 2 aliphatic heterocycles. The first kappa shape index (κ1) is 17.1. The molecule has 1 aromatic carbocycles. The van der Waals surface area contributed by atoms with Gasteiger partial charge in [-0.3, -0.25) is 4.79 Å². The summed E-state index contributed by atoms with van der Waals surface area (Å²) in [4.78, 5) is 11.9. The molecule has 1 aromatic rings. The van der Waals surface area contributed by atoms with Gasteiger partial charge in [0.2, 0.25) is 5.91 Å². The molecule has 0 saturated carbocycles. The Labute approximate surface area is 143 Å². The van der Waals surface area contributed by atoms with Gasteiger partial charge in [-0.05, 0) is 46.2 Å². The normalized spacial score (nSPS) is 25.1. The van der Waals surface area contributed by atoms with E-state index in [0.29, 0.717) is 6.42 Å². The highest BCUT2D eigenvalue weighted by molar-refractivity contribution is 6.52. The van der Waals surface area contributed by atoms with Crippen LogP contribution in [-0.4, -0.2) is 30.3 Å². The summed E-state index contributed by atoms with van der Waals surface area (Å²) in [6.45, 7) is 10.1. The van der Waals surface area contributed by atoms with Gasteiger partial charge in [0.05, 0.1) is 22.6 Å². The number of benzene rings is 1. The maximum atomic E-state index is 11.9. The number of fused-ring (bicyclic) bond motifs is 1. The molecule has 1 saturated heterocycles. The number of amides is 1. The van der Waals surface area contributed by atoms with Crippen LogP contribution in [-0.2, 0) is 14.1 Å². The Bertz CT molecular complexity index is 669. The van der Waals surface area contributed by atoms with Crippen LogP contribution >= 0.6 is 0 Å². The van der Waals surface area contributed by atoms with E-state index in [1.807, 2.05) is 64.9 Å². The molecule has 0 aromatic heterocycles. The number of para-hydroxylation sites is 1. The molecule has 2 aliphatic rings. The summed E-state index contributed by atoms with van der Waals surface area (Å²) in [7, 11) is -0.386. The van der Waals surface area contributed by atoms with Crippen molar-refractivity contribution < 1.29 is 14.1 Å². The van der Waals surface area contributed by atoms with Crippen molar-refractivity contribution in [2.24, 2.45) is 0 Å². The maximum Gasteiger partial charge on any atom is 0.487 e. The van der Waals surface area contributed by atoms with Gasteiger partial charge in [0.15, 0.2) is 0 Å². The van der Waals surface area contributed by atoms with Crippen LogP contribution in [0.1, 0.15) is 46.6 Å². The third-order valence-corrected chi connectivity index (χ3v) is 4.96. The number of anilines is 2. The van der Waals surface area contributed by atoms with Crippen molar-refractivity contribution in [1.29, 1.82) is 0 Å². The molecule has 0 bridgehead atoms. The topological polar surface area (TPSA) is 59.6 Å². The standard InChI is InChI=1S/C18H25BN2O3/c1-12-11-15(22)21-14-8-6-7-13(16(14)20-12)9-10-19-23-17(2,3)18(4,5)24-19/h6-10,12,20H,11H2,1-5H3,(H,21,22)/b10-9+/t12-/m1/s1. The first-order valence-corrected chi connectivity index (χ1v) is 8.41. The first-order valence-electron chi connectivity index (χ1n) is 8.41. The van der Waals surface area contributed by atoms with E-state index in [9.17, 15) is 4.79 Å². The summed E-state index contributed by atoms with van der Waals surface area (Å²) in [5.74, 6) is 1.95. The lowest BCUT2D eigenvalue weighted by Gasteiger charge is -2.32. The van der Waals surface area contributed by atoms with Crippen LogP contribution in [0.4, 0.5) is 11.4 Å². The zero-order valence-corrected chi connectivity index (χ0v) is 15.0. The van der Waals surface area contributed by atoms with Crippen LogP contribution in [0.5, 0.6) is 0 Å². The van der Waals surface area contributed by atoms with Crippen LogP contribution in [0.15, 0.2) is 24.2 Å². The number of hydrogen-bond donors (Lipinski definition) is 2. The van der Waals surface area contributed by atoms with Crippen LogP contribution in [0.3, 0.4) is 0 Å². The Balaban J connectivity index is 1.84. The number of rotatable bonds is 2. The van der Waals surface area contributed by atoms with E-state index in [1.165, 1.54) is 0 Å². The lowest BCUT2D eigenvalue weighted by atomic mass is 9.89. The van der Waals surface area contributed by atoms with E-state index >= 15 is 0 Å². The zero-order valence-electron chi connectivity index (χ0n) is 15.0. The predicted molar refractivity (Wildman–Crippen MR) is 97.9 cm³/mol. The quantitative estimate of drug-likeness (QED) is 0.816. The molecule has 24 heavy (non-hydrogen) atoms. The molecular formula is C18H25BN2O3. The molecule has 128 valence electrons. The highest BCUT2D eigenvalue weighted by Crippen LogP contribution is 2.37. The molecule has 3 rings (SSSR count). The molecular weight excluding hydrogens is 303 g/mol. The van der Waals surface area contributed by atoms with Crippen molar-refractivity contribution in [1.82, 2.24) is 0 Å². The van der Waals surface area contributed by atoms with Gasteiger partial charge in [-0.25, -0.2) is 0 Å². The first-order chi connectivity index (χ1) is 11.2. The molecule has 0 spiro atoms. The summed E-state index contributed by atoms with van der Waals surface area (Å²) >= 11 is 0. The van der Waals surface area contributed by atoms with Crippen LogP contribution in [0.2, 0.25) is 0 Å². The van der Waals surface area contributed by atoms with Crippen LogP contribution < -0.4 is 10.6 Å². The van der Waals surface area contributed by atoms with Gasteiger partial charge in [-0.15, -0.1) is 0 Å². The largest absolute Gasteiger partial charge is 0.487 e. The van der Waals surface area contributed by atoms with E-state index in [1.54, 1.807) is 0 Å². The lowest BCUT2D eigenvalue weighted by molar-refractivity contribution is -0.116. The Kier molecular flexibility index (Phi) is 4.22. The third kappa shape index (κ3) is 3.21. The fourth-order valence-corrected chi connectivity index (χ4v) is 2.90. The SMILES string of the molecule is C[C@@H]1CC(=O)Nc2cccc(/C=C/B3OC(C)(C)C(C)(C)O3)c2N1. The maximum absolute atomic E-state index is 11.9. The highest BCUT2D eigenvalue weighted by Gasteiger charge is 2.50. The van der Waals surface area contributed by atoms with Crippen molar-refractivity contribution in [3.05, 3.63) is 29.7 Å². The van der Waals surface area contributed by atoms with Gasteiger partial charge >= 0.3 is 7.12 Å². The second-order valence-electron chi connectivity index (χ2n) is 7.55. The third-order valence-electron chi connectivity index (χ3n) is 4.96. The fraction of sp³-hybridized carbons (Fsp3) is 0.500. The molecule has 1 fully saturated rings. The molecule has 1 amide bonds. The van der Waals surface area contributed by atoms with Crippen molar-refractivity contribution in [2.45, 2.75) is 58.3 Å². The summed E-state index contributed by atoms with van der Waals surface area (Å²) in [6, 6.07) is 5.93. The summed E-state index contributed by atoms with van der Waals surface area (Å²) in [6.07, 6.45) is 2.44. The van der Waals surface area contributed by atoms with E-state index in [-0.39, 0.29) is 30.3 Å². The zero-order chi connectivity index (χ0) is 17.5. The predicted octanol–water partition coefficient (Wildman–Crippen LogP) is 3.47. The molecule has 0 radical (unpaired) electrons. The molecule has 2 heterocycles. The smallest absolute Gasteiger partial charge is 0.400 e. The van der Waals surface area contributed by atoms with Gasteiger partial charge in [-0.2, -0.15) is 0 Å². The number of carbonyl (C=O) groups is 1. The fourth-order valence-electron chi connectivity index (χ4n) is 2.90. The van der Waals surface area contributed by atoms with Gasteiger partial charge < -0.3 is 19.9 Å². The van der Waals surface area contributed by atoms with Gasteiger partial charge in [0, 0.05) is 12.5 Å². The van der Waals surface area contributed by atoms with E-state index in [0.717, 1.165) is 16.9 Å². The van der Waals surface area contributed by atoms with Gasteiger partial charge in [0.1, 0.15) is 0 Å². The lowest BCUT2D eigenvalue weighted by Crippen LogP contribution is -2.41. The van der Waals surface area contributed by atoms with E-state index in [4.69, 9.17) is 9.31 Å². The minimum Gasteiger partial charge on any atom is -0.400 e. The van der Waals surface area contributed by atoms with Gasteiger partial charge in [0.25, 0.3) is 0 Å². The van der Waals surface area contributed by atoms with Gasteiger partial charge in [-0.1, -0.05) is 24.2 Å². The summed E-state index contributed by atoms with van der Waals surface area (Å²) < 4.78 is 12.0. The molecule has 0 aliphatic carbocycles. The molecule has 5 nitrogen and oxygen atoms in total. The average molecular weight is 328 g/mol. The number of carbonyl (C=O) groups excluding carboxylic acids is 1. The van der Waals surface area contributed by atoms with Crippen molar-refractivity contribution in [3.63, 3.8) is 0 Å². The Morgan fingerprint density at radius 2 is 1.88 bits per heavy atom. The van der Waals surface area contributed by atoms with E-state index in [2.05, 4.69) is 10.6 Å². The molecule has 1 atom stereocenters. The van der Waals surface area contributed by atoms with Crippen LogP contribution in [0, 0.1) is 0 Å². The average Bonchev–Trinajstić information content (AvgIpc) is 2.57. The number of nitrogens with one attached hydrogen (secondary N) is 2. The minimum absolute atomic E-state index is 0.0286. The summed E-state index contributed by atoms with van der Waals surface area (Å²) in [5.41, 5.74) is 2.03. The molecule has 0 unspecified atom stereocenters. The van der Waals surface area contributed by atoms with E-state index < -0.39 is 0 Å². The molecule has 2 N–H and O–H groups in total. The van der Waals surface area contributed by atoms with Crippen molar-refractivity contribution in [2.75, 3.05) is 10.6 Å². The Hall–Kier alpha value is -1.79. The van der Waals surface area contributed by atoms with Crippen LogP contribution in [0.25, 0.3) is 6.08 Å². The highest BCUT2D eigenvalue weighted by atomic mass is 16.7. The second kappa shape index (κ2) is 5.94. The summed E-state index contributed by atoms with van der Waals surface area (Å²) in [5, 5.41) is 6.36. The monoisotopic (exact) mass is 328 g/mol.